The van der Waals surface area contributed by atoms with Crippen LogP contribution in [0.3, 0.4) is 0 Å². The summed E-state index contributed by atoms with van der Waals surface area (Å²) in [7, 11) is 0. The fourth-order valence-corrected chi connectivity index (χ4v) is 3.39. The maximum absolute atomic E-state index is 6.17. The molecule has 1 aromatic heterocycles. The van der Waals surface area contributed by atoms with Crippen molar-refractivity contribution in [2.24, 2.45) is 5.10 Å². The van der Waals surface area contributed by atoms with Gasteiger partial charge in [-0.15, -0.1) is 11.3 Å². The molecule has 0 spiro atoms. The van der Waals surface area contributed by atoms with Crippen LogP contribution >= 0.6 is 34.5 Å². The van der Waals surface area contributed by atoms with Crippen LogP contribution in [0.4, 0.5) is 5.13 Å². The molecule has 7 heteroatoms. The number of nitrogens with one attached hydrogen (secondary N) is 1. The number of aryl methyl sites for hydroxylation is 2. The Morgan fingerprint density at radius 1 is 1.19 bits per heavy atom. The second kappa shape index (κ2) is 8.54. The summed E-state index contributed by atoms with van der Waals surface area (Å²) in [4.78, 5) is 5.56. The zero-order valence-electron chi connectivity index (χ0n) is 14.3. The van der Waals surface area contributed by atoms with Crippen molar-refractivity contribution in [1.29, 1.82) is 0 Å². The molecule has 4 nitrogen and oxygen atoms in total. The molecule has 1 heterocycles. The van der Waals surface area contributed by atoms with Gasteiger partial charge in [-0.25, -0.2) is 4.98 Å². The summed E-state index contributed by atoms with van der Waals surface area (Å²) >= 11 is 13.7. The van der Waals surface area contributed by atoms with Crippen molar-refractivity contribution in [3.05, 3.63) is 74.2 Å². The first kappa shape index (κ1) is 18.7. The molecule has 0 saturated heterocycles. The van der Waals surface area contributed by atoms with Gasteiger partial charge < -0.3 is 4.74 Å². The van der Waals surface area contributed by atoms with E-state index in [4.69, 9.17) is 27.9 Å². The molecule has 1 N–H and O–H groups in total. The van der Waals surface area contributed by atoms with Crippen molar-refractivity contribution in [2.75, 3.05) is 5.43 Å². The molecule has 0 fully saturated rings. The van der Waals surface area contributed by atoms with Crippen molar-refractivity contribution in [2.45, 2.75) is 20.5 Å². The second-order valence-corrected chi connectivity index (χ2v) is 7.67. The molecule has 0 radical (unpaired) electrons. The van der Waals surface area contributed by atoms with Gasteiger partial charge in [0.15, 0.2) is 0 Å². The van der Waals surface area contributed by atoms with Crippen LogP contribution in [-0.4, -0.2) is 11.2 Å². The van der Waals surface area contributed by atoms with Crippen molar-refractivity contribution < 1.29 is 4.74 Å². The summed E-state index contributed by atoms with van der Waals surface area (Å²) in [6.45, 7) is 4.39. The van der Waals surface area contributed by atoms with E-state index in [-0.39, 0.29) is 0 Å². The largest absolute Gasteiger partial charge is 0.489 e. The minimum atomic E-state index is 0.368. The first-order chi connectivity index (χ1) is 12.5. The van der Waals surface area contributed by atoms with Crippen LogP contribution in [0.25, 0.3) is 0 Å². The van der Waals surface area contributed by atoms with E-state index >= 15 is 0 Å². The van der Waals surface area contributed by atoms with Crippen LogP contribution in [0.5, 0.6) is 5.75 Å². The van der Waals surface area contributed by atoms with Crippen molar-refractivity contribution in [1.82, 2.24) is 4.98 Å². The lowest BCUT2D eigenvalue weighted by molar-refractivity contribution is 0.306. The zero-order valence-corrected chi connectivity index (χ0v) is 16.6. The number of ether oxygens (including phenoxy) is 1. The number of benzene rings is 2. The van der Waals surface area contributed by atoms with E-state index in [0.29, 0.717) is 16.7 Å². The Morgan fingerprint density at radius 3 is 2.77 bits per heavy atom. The summed E-state index contributed by atoms with van der Waals surface area (Å²) in [5.74, 6) is 0.737. The standard InChI is InChI=1S/C19H17Cl2N3OS/c1-12-13(2)26-19(23-12)24-22-10-14-4-3-5-17(8-14)25-11-15-6-7-16(20)9-18(15)21/h3-10H,11H2,1-2H3,(H,23,24)/b22-10-. The molecular formula is C19H17Cl2N3OS. The lowest BCUT2D eigenvalue weighted by atomic mass is 10.2. The van der Waals surface area contributed by atoms with Gasteiger partial charge in [-0.2, -0.15) is 5.10 Å². The number of rotatable bonds is 6. The summed E-state index contributed by atoms with van der Waals surface area (Å²) in [6.07, 6.45) is 1.73. The SMILES string of the molecule is Cc1nc(N/N=C\c2cccc(OCc3ccc(Cl)cc3Cl)c2)sc1C. The van der Waals surface area contributed by atoms with E-state index in [1.807, 2.05) is 44.2 Å². The average Bonchev–Trinajstić information content (AvgIpc) is 2.92. The molecule has 26 heavy (non-hydrogen) atoms. The van der Waals surface area contributed by atoms with Crippen LogP contribution in [0.1, 0.15) is 21.7 Å². The molecule has 0 aliphatic carbocycles. The molecular weight excluding hydrogens is 389 g/mol. The molecule has 0 amide bonds. The number of hydrogen-bond donors (Lipinski definition) is 1. The molecule has 134 valence electrons. The molecule has 0 aliphatic heterocycles. The molecule has 3 aromatic rings. The van der Waals surface area contributed by atoms with Gasteiger partial charge in [0.1, 0.15) is 12.4 Å². The fourth-order valence-electron chi connectivity index (χ4n) is 2.17. The van der Waals surface area contributed by atoms with E-state index in [0.717, 1.165) is 27.7 Å². The quantitative estimate of drug-likeness (QED) is 0.398. The predicted octanol–water partition coefficient (Wildman–Crippen LogP) is 6.09. The van der Waals surface area contributed by atoms with E-state index in [1.54, 1.807) is 29.7 Å². The van der Waals surface area contributed by atoms with Crippen molar-refractivity contribution in [3.63, 3.8) is 0 Å². The summed E-state index contributed by atoms with van der Waals surface area (Å²) in [5, 5.41) is 6.21. The maximum Gasteiger partial charge on any atom is 0.203 e. The summed E-state index contributed by atoms with van der Waals surface area (Å²) < 4.78 is 5.82. The Hall–Kier alpha value is -2.08. The van der Waals surface area contributed by atoms with Gasteiger partial charge in [-0.3, -0.25) is 5.43 Å². The lowest BCUT2D eigenvalue weighted by Gasteiger charge is -2.08. The maximum atomic E-state index is 6.17. The first-order valence-electron chi connectivity index (χ1n) is 7.91. The third-order valence-electron chi connectivity index (χ3n) is 3.67. The number of nitrogens with zero attached hydrogens (tertiary/aromatic N) is 2. The van der Waals surface area contributed by atoms with Crippen LogP contribution in [0, 0.1) is 13.8 Å². The number of hydrazone groups is 1. The van der Waals surface area contributed by atoms with Gasteiger partial charge in [0.05, 0.1) is 11.9 Å². The van der Waals surface area contributed by atoms with Gasteiger partial charge >= 0.3 is 0 Å². The molecule has 0 bridgehead atoms. The number of thiazole rings is 1. The molecule has 0 atom stereocenters. The molecule has 2 aromatic carbocycles. The van der Waals surface area contributed by atoms with Crippen LogP contribution in [0.2, 0.25) is 10.0 Å². The van der Waals surface area contributed by atoms with E-state index in [9.17, 15) is 0 Å². The molecule has 0 saturated carbocycles. The highest BCUT2D eigenvalue weighted by molar-refractivity contribution is 7.15. The zero-order chi connectivity index (χ0) is 18.5. The smallest absolute Gasteiger partial charge is 0.203 e. The predicted molar refractivity (Wildman–Crippen MR) is 110 cm³/mol. The fraction of sp³-hybridized carbons (Fsp3) is 0.158. The highest BCUT2D eigenvalue weighted by atomic mass is 35.5. The molecule has 0 unspecified atom stereocenters. The normalized spacial score (nSPS) is 11.1. The third-order valence-corrected chi connectivity index (χ3v) is 5.23. The monoisotopic (exact) mass is 405 g/mol. The number of hydrogen-bond acceptors (Lipinski definition) is 5. The highest BCUT2D eigenvalue weighted by Gasteiger charge is 2.04. The highest BCUT2D eigenvalue weighted by Crippen LogP contribution is 2.23. The molecule has 3 rings (SSSR count). The van der Waals surface area contributed by atoms with Crippen molar-refractivity contribution >= 4 is 45.9 Å². The van der Waals surface area contributed by atoms with Gasteiger partial charge in [0.25, 0.3) is 0 Å². The second-order valence-electron chi connectivity index (χ2n) is 5.63. The number of halogens is 2. The van der Waals surface area contributed by atoms with Gasteiger partial charge in [-0.05, 0) is 43.7 Å². The Labute approximate surface area is 166 Å². The van der Waals surface area contributed by atoms with Gasteiger partial charge in [0.2, 0.25) is 5.13 Å². The topological polar surface area (TPSA) is 46.5 Å². The van der Waals surface area contributed by atoms with E-state index < -0.39 is 0 Å². The third kappa shape index (κ3) is 4.97. The van der Waals surface area contributed by atoms with E-state index in [2.05, 4.69) is 15.5 Å². The Morgan fingerprint density at radius 2 is 2.04 bits per heavy atom. The van der Waals surface area contributed by atoms with Crippen LogP contribution in [0.15, 0.2) is 47.6 Å². The first-order valence-corrected chi connectivity index (χ1v) is 9.48. The summed E-state index contributed by atoms with van der Waals surface area (Å²) in [6, 6.07) is 13.0. The van der Waals surface area contributed by atoms with Crippen molar-refractivity contribution in [3.8, 4) is 5.75 Å². The Bertz CT molecular complexity index is 921. The van der Waals surface area contributed by atoms with Gasteiger partial charge in [0, 0.05) is 20.5 Å². The molecule has 0 aliphatic rings. The number of aromatic nitrogens is 1. The minimum absolute atomic E-state index is 0.368. The minimum Gasteiger partial charge on any atom is -0.489 e. The van der Waals surface area contributed by atoms with E-state index in [1.165, 1.54) is 4.88 Å². The van der Waals surface area contributed by atoms with Gasteiger partial charge in [-0.1, -0.05) is 41.4 Å². The number of anilines is 1. The Kier molecular flexibility index (Phi) is 6.14. The lowest BCUT2D eigenvalue weighted by Crippen LogP contribution is -1.97. The van der Waals surface area contributed by atoms with Crippen LogP contribution < -0.4 is 10.2 Å². The Balaban J connectivity index is 1.61. The average molecular weight is 406 g/mol. The summed E-state index contributed by atoms with van der Waals surface area (Å²) in [5.41, 5.74) is 5.77. The van der Waals surface area contributed by atoms with Crippen LogP contribution in [-0.2, 0) is 6.61 Å².